The van der Waals surface area contributed by atoms with E-state index in [2.05, 4.69) is 10.5 Å². The van der Waals surface area contributed by atoms with Gasteiger partial charge in [-0.3, -0.25) is 4.79 Å². The average molecular weight is 379 g/mol. The number of methoxy groups -OCH3 is 1. The number of amides is 1. The first-order valence-corrected chi connectivity index (χ1v) is 9.67. The topological polar surface area (TPSA) is 102 Å². The van der Waals surface area contributed by atoms with Crippen LogP contribution in [-0.2, 0) is 14.8 Å². The molecule has 1 aliphatic rings. The highest BCUT2D eigenvalue weighted by Gasteiger charge is 2.40. The predicted molar refractivity (Wildman–Crippen MR) is 94.5 cm³/mol. The molecule has 1 amide bonds. The molecule has 1 aromatic carbocycles. The molecular formula is C17H21N3O5S. The summed E-state index contributed by atoms with van der Waals surface area (Å²) in [6.07, 6.45) is 1.07. The van der Waals surface area contributed by atoms with Crippen molar-refractivity contribution in [1.29, 1.82) is 0 Å². The minimum Gasteiger partial charge on any atom is -0.497 e. The third kappa shape index (κ3) is 3.45. The maximum absolute atomic E-state index is 13.1. The molecule has 1 atom stereocenters. The molecule has 1 N–H and O–H groups in total. The van der Waals surface area contributed by atoms with Gasteiger partial charge >= 0.3 is 0 Å². The number of aromatic nitrogens is 1. The Labute approximate surface area is 152 Å². The standard InChI is InChI=1S/C17H21N3O5S/c1-11-9-13(24-3)6-7-15(11)26(22,23)20-8-4-5-14(20)17(21)18-16-10-12(2)25-19-16/h6-7,9-10,14H,4-5,8H2,1-3H3,(H,18,19,21)/t14-/m1/s1. The van der Waals surface area contributed by atoms with Gasteiger partial charge < -0.3 is 14.6 Å². The lowest BCUT2D eigenvalue weighted by atomic mass is 10.2. The average Bonchev–Trinajstić information content (AvgIpc) is 3.23. The zero-order valence-electron chi connectivity index (χ0n) is 14.9. The van der Waals surface area contributed by atoms with Crippen molar-refractivity contribution in [2.75, 3.05) is 19.0 Å². The number of benzene rings is 1. The molecule has 1 fully saturated rings. The van der Waals surface area contributed by atoms with Crippen LogP contribution < -0.4 is 10.1 Å². The number of hydrogen-bond donors (Lipinski definition) is 1. The highest BCUT2D eigenvalue weighted by Crippen LogP contribution is 2.30. The lowest BCUT2D eigenvalue weighted by Gasteiger charge is -2.24. The molecule has 1 aromatic heterocycles. The number of anilines is 1. The highest BCUT2D eigenvalue weighted by molar-refractivity contribution is 7.89. The van der Waals surface area contributed by atoms with Gasteiger partial charge in [0.15, 0.2) is 5.82 Å². The maximum Gasteiger partial charge on any atom is 0.244 e. The van der Waals surface area contributed by atoms with E-state index >= 15 is 0 Å². The van der Waals surface area contributed by atoms with E-state index in [1.165, 1.54) is 17.5 Å². The van der Waals surface area contributed by atoms with Gasteiger partial charge in [0.25, 0.3) is 0 Å². The quantitative estimate of drug-likeness (QED) is 0.853. The number of nitrogens with zero attached hydrogens (tertiary/aromatic N) is 2. The predicted octanol–water partition coefficient (Wildman–Crippen LogP) is 2.09. The molecule has 0 aliphatic carbocycles. The number of ether oxygens (including phenoxy) is 1. The summed E-state index contributed by atoms with van der Waals surface area (Å²) in [5, 5.41) is 6.34. The molecule has 0 radical (unpaired) electrons. The number of carbonyl (C=O) groups is 1. The van der Waals surface area contributed by atoms with Crippen LogP contribution in [0.15, 0.2) is 33.7 Å². The molecular weight excluding hydrogens is 358 g/mol. The molecule has 0 saturated carbocycles. The van der Waals surface area contributed by atoms with Gasteiger partial charge in [-0.1, -0.05) is 5.16 Å². The van der Waals surface area contributed by atoms with Gasteiger partial charge in [0.2, 0.25) is 15.9 Å². The van der Waals surface area contributed by atoms with E-state index in [1.807, 2.05) is 0 Å². The van der Waals surface area contributed by atoms with Crippen LogP contribution in [0, 0.1) is 13.8 Å². The Balaban J connectivity index is 1.85. The molecule has 0 bridgehead atoms. The van der Waals surface area contributed by atoms with Crippen molar-refractivity contribution in [2.24, 2.45) is 0 Å². The van der Waals surface area contributed by atoms with Crippen molar-refractivity contribution >= 4 is 21.7 Å². The second kappa shape index (κ2) is 7.08. The molecule has 1 saturated heterocycles. The minimum atomic E-state index is -3.80. The zero-order valence-corrected chi connectivity index (χ0v) is 15.7. The third-order valence-corrected chi connectivity index (χ3v) is 6.42. The summed E-state index contributed by atoms with van der Waals surface area (Å²) in [5.74, 6) is 1.01. The number of aryl methyl sites for hydroxylation is 2. The second-order valence-corrected chi connectivity index (χ2v) is 8.08. The number of hydrogen-bond acceptors (Lipinski definition) is 6. The van der Waals surface area contributed by atoms with E-state index in [9.17, 15) is 13.2 Å². The van der Waals surface area contributed by atoms with Gasteiger partial charge in [-0.05, 0) is 50.5 Å². The molecule has 26 heavy (non-hydrogen) atoms. The van der Waals surface area contributed by atoms with Gasteiger partial charge in [0, 0.05) is 12.6 Å². The SMILES string of the molecule is COc1ccc(S(=O)(=O)N2CCC[C@@H]2C(=O)Nc2cc(C)on2)c(C)c1. The van der Waals surface area contributed by atoms with Crippen LogP contribution in [0.3, 0.4) is 0 Å². The molecule has 0 unspecified atom stereocenters. The fourth-order valence-electron chi connectivity index (χ4n) is 3.09. The fourth-order valence-corrected chi connectivity index (χ4v) is 4.95. The molecule has 140 valence electrons. The number of nitrogens with one attached hydrogen (secondary N) is 1. The smallest absolute Gasteiger partial charge is 0.244 e. The summed E-state index contributed by atoms with van der Waals surface area (Å²) in [7, 11) is -2.28. The van der Waals surface area contributed by atoms with E-state index in [0.717, 1.165) is 0 Å². The van der Waals surface area contributed by atoms with Crippen LogP contribution in [0.1, 0.15) is 24.2 Å². The Bertz CT molecular complexity index is 922. The highest BCUT2D eigenvalue weighted by atomic mass is 32.2. The number of carbonyl (C=O) groups excluding carboxylic acids is 1. The molecule has 8 nitrogen and oxygen atoms in total. The van der Waals surface area contributed by atoms with Crippen LogP contribution in [0.5, 0.6) is 5.75 Å². The van der Waals surface area contributed by atoms with Crippen LogP contribution in [0.2, 0.25) is 0 Å². The Morgan fingerprint density at radius 2 is 2.12 bits per heavy atom. The van der Waals surface area contributed by atoms with Gasteiger partial charge in [-0.2, -0.15) is 4.31 Å². The van der Waals surface area contributed by atoms with Crippen LogP contribution in [0.25, 0.3) is 0 Å². The number of rotatable bonds is 5. The van der Waals surface area contributed by atoms with E-state index in [4.69, 9.17) is 9.26 Å². The Hall–Kier alpha value is -2.39. The molecule has 3 rings (SSSR count). The third-order valence-electron chi connectivity index (χ3n) is 4.35. The molecule has 0 spiro atoms. The maximum atomic E-state index is 13.1. The second-order valence-electron chi connectivity index (χ2n) is 6.22. The summed E-state index contributed by atoms with van der Waals surface area (Å²) in [5.41, 5.74) is 0.572. The normalized spacial score (nSPS) is 18.0. The van der Waals surface area contributed by atoms with E-state index in [1.54, 1.807) is 32.0 Å². The summed E-state index contributed by atoms with van der Waals surface area (Å²) in [4.78, 5) is 12.8. The molecule has 2 heterocycles. The Kier molecular flexibility index (Phi) is 5.01. The largest absolute Gasteiger partial charge is 0.497 e. The van der Waals surface area contributed by atoms with Crippen molar-refractivity contribution in [1.82, 2.24) is 9.46 Å². The zero-order chi connectivity index (χ0) is 18.9. The fraction of sp³-hybridized carbons (Fsp3) is 0.412. The lowest BCUT2D eigenvalue weighted by Crippen LogP contribution is -2.43. The van der Waals surface area contributed by atoms with Gasteiger partial charge in [0.1, 0.15) is 17.6 Å². The van der Waals surface area contributed by atoms with Crippen molar-refractivity contribution < 1.29 is 22.5 Å². The van der Waals surface area contributed by atoms with Crippen molar-refractivity contribution in [3.63, 3.8) is 0 Å². The number of sulfonamides is 1. The summed E-state index contributed by atoms with van der Waals surface area (Å²) in [6.45, 7) is 3.71. The van der Waals surface area contributed by atoms with Gasteiger partial charge in [0.05, 0.1) is 12.0 Å². The van der Waals surface area contributed by atoms with E-state index in [-0.39, 0.29) is 10.7 Å². The molecule has 1 aliphatic heterocycles. The summed E-state index contributed by atoms with van der Waals surface area (Å²) in [6, 6.07) is 5.58. The van der Waals surface area contributed by atoms with Crippen LogP contribution >= 0.6 is 0 Å². The van der Waals surface area contributed by atoms with Crippen LogP contribution in [0.4, 0.5) is 5.82 Å². The van der Waals surface area contributed by atoms with Gasteiger partial charge in [-0.25, -0.2) is 8.42 Å². The first-order valence-electron chi connectivity index (χ1n) is 8.23. The monoisotopic (exact) mass is 379 g/mol. The van der Waals surface area contributed by atoms with E-state index < -0.39 is 22.0 Å². The van der Waals surface area contributed by atoms with Crippen molar-refractivity contribution in [3.05, 3.63) is 35.6 Å². The Morgan fingerprint density at radius 3 is 2.73 bits per heavy atom. The van der Waals surface area contributed by atoms with Gasteiger partial charge in [-0.15, -0.1) is 0 Å². The van der Waals surface area contributed by atoms with Crippen LogP contribution in [-0.4, -0.2) is 43.5 Å². The lowest BCUT2D eigenvalue weighted by molar-refractivity contribution is -0.119. The van der Waals surface area contributed by atoms with E-state index in [0.29, 0.717) is 36.5 Å². The minimum absolute atomic E-state index is 0.176. The van der Waals surface area contributed by atoms with Crippen molar-refractivity contribution in [3.8, 4) is 5.75 Å². The Morgan fingerprint density at radius 1 is 1.35 bits per heavy atom. The molecule has 2 aromatic rings. The summed E-state index contributed by atoms with van der Waals surface area (Å²) < 4.78 is 37.5. The summed E-state index contributed by atoms with van der Waals surface area (Å²) >= 11 is 0. The molecule has 9 heteroatoms. The first kappa shape index (κ1) is 18.4. The van der Waals surface area contributed by atoms with Crippen molar-refractivity contribution in [2.45, 2.75) is 37.6 Å². The first-order chi connectivity index (χ1) is 12.3.